The molecule has 0 bridgehead atoms. The third-order valence-corrected chi connectivity index (χ3v) is 3.69. The summed E-state index contributed by atoms with van der Waals surface area (Å²) in [4.78, 5) is 23.1. The first-order valence-corrected chi connectivity index (χ1v) is 6.44. The molecular weight excluding hydrogens is 218 g/mol. The molecule has 0 aliphatic heterocycles. The van der Waals surface area contributed by atoms with Gasteiger partial charge in [0.1, 0.15) is 0 Å². The van der Waals surface area contributed by atoms with Crippen LogP contribution in [0.2, 0.25) is 0 Å². The standard InChI is InChI=1S/C13H19NO3/c15-12(14-9-5-1-2-6-9)10-7-3-4-8-11(10)13(16)17/h9H,1-8H2,(H,14,15)(H,16,17). The number of aliphatic carboxylic acids is 1. The summed E-state index contributed by atoms with van der Waals surface area (Å²) in [7, 11) is 0. The molecule has 2 rings (SSSR count). The number of hydrogen-bond donors (Lipinski definition) is 2. The van der Waals surface area contributed by atoms with Crippen molar-refractivity contribution in [2.45, 2.75) is 57.4 Å². The highest BCUT2D eigenvalue weighted by molar-refractivity contribution is 6.02. The van der Waals surface area contributed by atoms with Crippen LogP contribution in [0.5, 0.6) is 0 Å². The van der Waals surface area contributed by atoms with Gasteiger partial charge in [0.05, 0.1) is 0 Å². The van der Waals surface area contributed by atoms with E-state index in [1.54, 1.807) is 0 Å². The molecule has 2 N–H and O–H groups in total. The Morgan fingerprint density at radius 1 is 1.00 bits per heavy atom. The van der Waals surface area contributed by atoms with Crippen LogP contribution in [-0.4, -0.2) is 23.0 Å². The fraction of sp³-hybridized carbons (Fsp3) is 0.692. The topological polar surface area (TPSA) is 66.4 Å². The second kappa shape index (κ2) is 5.34. The van der Waals surface area contributed by atoms with Crippen molar-refractivity contribution in [3.8, 4) is 0 Å². The molecule has 0 aromatic carbocycles. The van der Waals surface area contributed by atoms with Gasteiger partial charge in [0.2, 0.25) is 5.91 Å². The third kappa shape index (κ3) is 2.87. The summed E-state index contributed by atoms with van der Waals surface area (Å²) < 4.78 is 0. The van der Waals surface area contributed by atoms with E-state index in [1.165, 1.54) is 0 Å². The molecule has 2 aliphatic carbocycles. The van der Waals surface area contributed by atoms with Crippen molar-refractivity contribution in [3.05, 3.63) is 11.1 Å². The number of amides is 1. The quantitative estimate of drug-likeness (QED) is 0.789. The Morgan fingerprint density at radius 2 is 1.59 bits per heavy atom. The molecule has 0 atom stereocenters. The lowest BCUT2D eigenvalue weighted by Crippen LogP contribution is -2.35. The van der Waals surface area contributed by atoms with E-state index in [0.717, 1.165) is 38.5 Å². The third-order valence-electron chi connectivity index (χ3n) is 3.69. The molecule has 0 aromatic rings. The number of carboxylic acid groups (broad SMARTS) is 1. The highest BCUT2D eigenvalue weighted by Gasteiger charge is 2.25. The average Bonchev–Trinajstić information content (AvgIpc) is 2.81. The predicted octanol–water partition coefficient (Wildman–Crippen LogP) is 2.00. The minimum atomic E-state index is -0.929. The fourth-order valence-corrected chi connectivity index (χ4v) is 2.73. The van der Waals surface area contributed by atoms with E-state index in [9.17, 15) is 9.59 Å². The van der Waals surface area contributed by atoms with Crippen LogP contribution in [0.1, 0.15) is 51.4 Å². The van der Waals surface area contributed by atoms with Crippen LogP contribution in [0.25, 0.3) is 0 Å². The van der Waals surface area contributed by atoms with Crippen molar-refractivity contribution in [2.24, 2.45) is 0 Å². The lowest BCUT2D eigenvalue weighted by molar-refractivity contribution is -0.133. The molecule has 0 saturated heterocycles. The minimum Gasteiger partial charge on any atom is -0.478 e. The van der Waals surface area contributed by atoms with Crippen molar-refractivity contribution in [2.75, 3.05) is 0 Å². The largest absolute Gasteiger partial charge is 0.478 e. The number of carbonyl (C=O) groups is 2. The smallest absolute Gasteiger partial charge is 0.332 e. The monoisotopic (exact) mass is 237 g/mol. The molecular formula is C13H19NO3. The molecule has 0 unspecified atom stereocenters. The molecule has 1 amide bonds. The number of carboxylic acids is 1. The summed E-state index contributed by atoms with van der Waals surface area (Å²) in [6.07, 6.45) is 7.32. The van der Waals surface area contributed by atoms with Crippen LogP contribution in [0.4, 0.5) is 0 Å². The Kier molecular flexibility index (Phi) is 3.82. The SMILES string of the molecule is O=C(O)C1=C(C(=O)NC2CCCC2)CCCC1. The summed E-state index contributed by atoms with van der Waals surface area (Å²) in [6.45, 7) is 0. The van der Waals surface area contributed by atoms with Gasteiger partial charge >= 0.3 is 5.97 Å². The normalized spacial score (nSPS) is 21.6. The Labute approximate surface area is 101 Å². The molecule has 4 nitrogen and oxygen atoms in total. The average molecular weight is 237 g/mol. The summed E-state index contributed by atoms with van der Waals surface area (Å²) in [5.74, 6) is -1.07. The summed E-state index contributed by atoms with van der Waals surface area (Å²) in [5, 5.41) is 12.1. The second-order valence-corrected chi connectivity index (χ2v) is 4.92. The molecule has 0 spiro atoms. The highest BCUT2D eigenvalue weighted by atomic mass is 16.4. The second-order valence-electron chi connectivity index (χ2n) is 4.92. The van der Waals surface area contributed by atoms with E-state index in [2.05, 4.69) is 5.32 Å². The maximum Gasteiger partial charge on any atom is 0.332 e. The van der Waals surface area contributed by atoms with Gasteiger partial charge in [0.25, 0.3) is 0 Å². The molecule has 1 fully saturated rings. The molecule has 2 aliphatic rings. The van der Waals surface area contributed by atoms with Gasteiger partial charge in [-0.15, -0.1) is 0 Å². The Morgan fingerprint density at radius 3 is 2.18 bits per heavy atom. The zero-order valence-corrected chi connectivity index (χ0v) is 10.00. The van der Waals surface area contributed by atoms with Gasteiger partial charge in [-0.1, -0.05) is 12.8 Å². The van der Waals surface area contributed by atoms with E-state index in [-0.39, 0.29) is 11.9 Å². The van der Waals surface area contributed by atoms with Gasteiger partial charge < -0.3 is 10.4 Å². The van der Waals surface area contributed by atoms with E-state index in [4.69, 9.17) is 5.11 Å². The maximum atomic E-state index is 12.0. The lowest BCUT2D eigenvalue weighted by atomic mass is 9.91. The van der Waals surface area contributed by atoms with Gasteiger partial charge in [-0.05, 0) is 38.5 Å². The summed E-state index contributed by atoms with van der Waals surface area (Å²) >= 11 is 0. The molecule has 17 heavy (non-hydrogen) atoms. The van der Waals surface area contributed by atoms with Crippen molar-refractivity contribution in [3.63, 3.8) is 0 Å². The van der Waals surface area contributed by atoms with Crippen LogP contribution in [0.3, 0.4) is 0 Å². The van der Waals surface area contributed by atoms with Crippen LogP contribution >= 0.6 is 0 Å². The van der Waals surface area contributed by atoms with Crippen LogP contribution < -0.4 is 5.32 Å². The number of carbonyl (C=O) groups excluding carboxylic acids is 1. The van der Waals surface area contributed by atoms with E-state index >= 15 is 0 Å². The van der Waals surface area contributed by atoms with E-state index in [1.807, 2.05) is 0 Å². The first-order chi connectivity index (χ1) is 8.18. The molecule has 0 aromatic heterocycles. The first kappa shape index (κ1) is 12.1. The minimum absolute atomic E-state index is 0.144. The number of rotatable bonds is 3. The van der Waals surface area contributed by atoms with Crippen LogP contribution in [0.15, 0.2) is 11.1 Å². The summed E-state index contributed by atoms with van der Waals surface area (Å²) in [5.41, 5.74) is 0.836. The molecule has 1 saturated carbocycles. The fourth-order valence-electron chi connectivity index (χ4n) is 2.73. The van der Waals surface area contributed by atoms with Gasteiger partial charge in [0, 0.05) is 17.2 Å². The first-order valence-electron chi connectivity index (χ1n) is 6.44. The molecule has 94 valence electrons. The Hall–Kier alpha value is -1.32. The predicted molar refractivity (Wildman–Crippen MR) is 63.5 cm³/mol. The van der Waals surface area contributed by atoms with Crippen molar-refractivity contribution in [1.82, 2.24) is 5.32 Å². The lowest BCUT2D eigenvalue weighted by Gasteiger charge is -2.19. The maximum absolute atomic E-state index is 12.0. The number of nitrogens with one attached hydrogen (secondary N) is 1. The van der Waals surface area contributed by atoms with Gasteiger partial charge in [0.15, 0.2) is 0 Å². The number of hydrogen-bond acceptors (Lipinski definition) is 2. The van der Waals surface area contributed by atoms with Gasteiger partial charge in [-0.2, -0.15) is 0 Å². The zero-order valence-electron chi connectivity index (χ0n) is 10.00. The van der Waals surface area contributed by atoms with E-state index in [0.29, 0.717) is 24.0 Å². The van der Waals surface area contributed by atoms with E-state index < -0.39 is 5.97 Å². The zero-order chi connectivity index (χ0) is 12.3. The van der Waals surface area contributed by atoms with Crippen LogP contribution in [-0.2, 0) is 9.59 Å². The van der Waals surface area contributed by atoms with Crippen molar-refractivity contribution in [1.29, 1.82) is 0 Å². The summed E-state index contributed by atoms with van der Waals surface area (Å²) in [6, 6.07) is 0.256. The molecule has 0 heterocycles. The Balaban J connectivity index is 2.07. The van der Waals surface area contributed by atoms with Crippen LogP contribution in [0, 0.1) is 0 Å². The molecule has 4 heteroatoms. The highest BCUT2D eigenvalue weighted by Crippen LogP contribution is 2.26. The van der Waals surface area contributed by atoms with Crippen molar-refractivity contribution < 1.29 is 14.7 Å². The van der Waals surface area contributed by atoms with Gasteiger partial charge in [-0.25, -0.2) is 4.79 Å². The van der Waals surface area contributed by atoms with Gasteiger partial charge in [-0.3, -0.25) is 4.79 Å². The molecule has 0 radical (unpaired) electrons. The van der Waals surface area contributed by atoms with Crippen molar-refractivity contribution >= 4 is 11.9 Å². The Bertz CT molecular complexity index is 354.